The third-order valence-corrected chi connectivity index (χ3v) is 2.99. The molecule has 2 aromatic heterocycles. The van der Waals surface area contributed by atoms with Crippen LogP contribution in [0.3, 0.4) is 0 Å². The van der Waals surface area contributed by atoms with Gasteiger partial charge in [0.25, 0.3) is 0 Å². The second-order valence-corrected chi connectivity index (χ2v) is 4.43. The van der Waals surface area contributed by atoms with Crippen molar-refractivity contribution in [3.05, 3.63) is 59.9 Å². The van der Waals surface area contributed by atoms with Gasteiger partial charge < -0.3 is 4.40 Å². The van der Waals surface area contributed by atoms with E-state index >= 15 is 0 Å². The summed E-state index contributed by atoms with van der Waals surface area (Å²) in [6.07, 6.45) is -2.34. The van der Waals surface area contributed by atoms with Gasteiger partial charge in [0.1, 0.15) is 17.3 Å². The fraction of sp³-hybridized carbons (Fsp3) is 0.0714. The molecular formula is C14H7F5N2. The smallest absolute Gasteiger partial charge is 0.306 e. The third-order valence-electron chi connectivity index (χ3n) is 2.99. The Morgan fingerprint density at radius 1 is 0.952 bits per heavy atom. The van der Waals surface area contributed by atoms with E-state index in [4.69, 9.17) is 0 Å². The number of halogens is 5. The number of pyridine rings is 1. The SMILES string of the molecule is Fc1ccc(-c2cn3cc(C(F)(F)F)ccc3n2)c(F)c1. The van der Waals surface area contributed by atoms with E-state index in [1.807, 2.05) is 0 Å². The average Bonchev–Trinajstić information content (AvgIpc) is 2.79. The molecule has 0 bridgehead atoms. The minimum atomic E-state index is -4.47. The van der Waals surface area contributed by atoms with Crippen LogP contribution in [0.5, 0.6) is 0 Å². The Balaban J connectivity index is 2.13. The number of hydrogen-bond acceptors (Lipinski definition) is 1. The van der Waals surface area contributed by atoms with Crippen molar-refractivity contribution in [1.29, 1.82) is 0 Å². The van der Waals surface area contributed by atoms with Gasteiger partial charge in [0.15, 0.2) is 0 Å². The van der Waals surface area contributed by atoms with Crippen molar-refractivity contribution in [2.45, 2.75) is 6.18 Å². The van der Waals surface area contributed by atoms with Crippen molar-refractivity contribution in [2.75, 3.05) is 0 Å². The second-order valence-electron chi connectivity index (χ2n) is 4.43. The van der Waals surface area contributed by atoms with Crippen molar-refractivity contribution in [3.63, 3.8) is 0 Å². The molecule has 0 saturated carbocycles. The van der Waals surface area contributed by atoms with Gasteiger partial charge in [-0.05, 0) is 24.3 Å². The van der Waals surface area contributed by atoms with Gasteiger partial charge in [0.05, 0.1) is 11.3 Å². The Hall–Kier alpha value is -2.44. The minimum absolute atomic E-state index is 0.0219. The van der Waals surface area contributed by atoms with Gasteiger partial charge in [-0.1, -0.05) is 0 Å². The number of fused-ring (bicyclic) bond motifs is 1. The molecule has 0 fully saturated rings. The van der Waals surface area contributed by atoms with Crippen LogP contribution in [0.1, 0.15) is 5.56 Å². The van der Waals surface area contributed by atoms with Gasteiger partial charge in [-0.2, -0.15) is 13.2 Å². The first-order valence-electron chi connectivity index (χ1n) is 5.86. The molecule has 0 spiro atoms. The molecule has 0 atom stereocenters. The summed E-state index contributed by atoms with van der Waals surface area (Å²) in [5, 5.41) is 0. The number of nitrogens with zero attached hydrogens (tertiary/aromatic N) is 2. The van der Waals surface area contributed by atoms with Gasteiger partial charge >= 0.3 is 6.18 Å². The number of imidazole rings is 1. The van der Waals surface area contributed by atoms with Gasteiger partial charge in [0, 0.05) is 24.0 Å². The highest BCUT2D eigenvalue weighted by molar-refractivity contribution is 5.63. The fourth-order valence-corrected chi connectivity index (χ4v) is 1.99. The van der Waals surface area contributed by atoms with Crippen LogP contribution in [0.2, 0.25) is 0 Å². The summed E-state index contributed by atoms with van der Waals surface area (Å²) >= 11 is 0. The van der Waals surface area contributed by atoms with Crippen LogP contribution < -0.4 is 0 Å². The quantitative estimate of drug-likeness (QED) is 0.612. The van der Waals surface area contributed by atoms with Crippen molar-refractivity contribution in [2.24, 2.45) is 0 Å². The van der Waals surface area contributed by atoms with Crippen LogP contribution in [-0.2, 0) is 6.18 Å². The lowest BCUT2D eigenvalue weighted by Crippen LogP contribution is -2.05. The highest BCUT2D eigenvalue weighted by Gasteiger charge is 2.30. The number of hydrogen-bond donors (Lipinski definition) is 0. The van der Waals surface area contributed by atoms with Crippen LogP contribution in [-0.4, -0.2) is 9.38 Å². The Labute approximate surface area is 115 Å². The zero-order chi connectivity index (χ0) is 15.2. The Morgan fingerprint density at radius 3 is 2.38 bits per heavy atom. The molecule has 2 heterocycles. The lowest BCUT2D eigenvalue weighted by Gasteiger charge is -2.05. The Kier molecular flexibility index (Phi) is 2.93. The van der Waals surface area contributed by atoms with E-state index in [2.05, 4.69) is 4.98 Å². The molecular weight excluding hydrogens is 291 g/mol. The molecule has 21 heavy (non-hydrogen) atoms. The first-order valence-corrected chi connectivity index (χ1v) is 5.86. The summed E-state index contributed by atoms with van der Waals surface area (Å²) in [5.41, 5.74) is -0.444. The van der Waals surface area contributed by atoms with Crippen LogP contribution in [0, 0.1) is 11.6 Å². The minimum Gasteiger partial charge on any atom is -0.306 e. The molecule has 0 N–H and O–H groups in total. The second kappa shape index (κ2) is 4.54. The molecule has 0 aliphatic carbocycles. The predicted molar refractivity (Wildman–Crippen MR) is 65.5 cm³/mol. The van der Waals surface area contributed by atoms with Crippen LogP contribution in [0.4, 0.5) is 22.0 Å². The standard InChI is InChI=1S/C14H7F5N2/c15-9-2-3-10(11(16)5-9)12-7-21-6-8(14(17,18)19)1-4-13(21)20-12/h1-7H. The zero-order valence-corrected chi connectivity index (χ0v) is 10.3. The monoisotopic (exact) mass is 298 g/mol. The molecule has 1 aromatic carbocycles. The lowest BCUT2D eigenvalue weighted by molar-refractivity contribution is -0.137. The average molecular weight is 298 g/mol. The summed E-state index contributed by atoms with van der Waals surface area (Å²) in [4.78, 5) is 4.03. The van der Waals surface area contributed by atoms with Gasteiger partial charge in [0.2, 0.25) is 0 Å². The molecule has 0 aliphatic heterocycles. The number of rotatable bonds is 1. The van der Waals surface area contributed by atoms with Crippen molar-refractivity contribution in [1.82, 2.24) is 9.38 Å². The molecule has 3 rings (SSSR count). The Bertz CT molecular complexity index is 820. The maximum absolute atomic E-state index is 13.7. The topological polar surface area (TPSA) is 17.3 Å². The first kappa shape index (κ1) is 13.5. The normalized spacial score (nSPS) is 12.0. The maximum Gasteiger partial charge on any atom is 0.417 e. The fourth-order valence-electron chi connectivity index (χ4n) is 1.99. The molecule has 0 aliphatic rings. The third kappa shape index (κ3) is 2.46. The molecule has 0 radical (unpaired) electrons. The summed E-state index contributed by atoms with van der Waals surface area (Å²) < 4.78 is 65.5. The van der Waals surface area contributed by atoms with E-state index < -0.39 is 23.4 Å². The van der Waals surface area contributed by atoms with Crippen LogP contribution in [0.25, 0.3) is 16.9 Å². The molecule has 0 amide bonds. The predicted octanol–water partition coefficient (Wildman–Crippen LogP) is 4.30. The number of benzene rings is 1. The molecule has 0 saturated heterocycles. The van der Waals surface area contributed by atoms with E-state index in [-0.39, 0.29) is 16.9 Å². The number of aromatic nitrogens is 2. The lowest BCUT2D eigenvalue weighted by atomic mass is 10.1. The van der Waals surface area contributed by atoms with Gasteiger partial charge in [-0.15, -0.1) is 0 Å². The highest BCUT2D eigenvalue weighted by atomic mass is 19.4. The molecule has 2 nitrogen and oxygen atoms in total. The zero-order valence-electron chi connectivity index (χ0n) is 10.3. The number of alkyl halides is 3. The maximum atomic E-state index is 13.7. The van der Waals surface area contributed by atoms with E-state index in [1.165, 1.54) is 18.3 Å². The molecule has 7 heteroatoms. The van der Waals surface area contributed by atoms with E-state index in [9.17, 15) is 22.0 Å². The van der Waals surface area contributed by atoms with E-state index in [0.29, 0.717) is 6.07 Å². The Morgan fingerprint density at radius 2 is 1.71 bits per heavy atom. The van der Waals surface area contributed by atoms with Crippen molar-refractivity contribution in [3.8, 4) is 11.3 Å². The van der Waals surface area contributed by atoms with Crippen molar-refractivity contribution >= 4 is 5.65 Å². The largest absolute Gasteiger partial charge is 0.417 e. The first-order chi connectivity index (χ1) is 9.84. The van der Waals surface area contributed by atoms with Crippen molar-refractivity contribution < 1.29 is 22.0 Å². The molecule has 108 valence electrons. The van der Waals surface area contributed by atoms with Gasteiger partial charge in [-0.25, -0.2) is 13.8 Å². The van der Waals surface area contributed by atoms with E-state index in [1.54, 1.807) is 0 Å². The van der Waals surface area contributed by atoms with Gasteiger partial charge in [-0.3, -0.25) is 0 Å². The summed E-state index contributed by atoms with van der Waals surface area (Å²) in [7, 11) is 0. The molecule has 0 unspecified atom stereocenters. The highest BCUT2D eigenvalue weighted by Crippen LogP contribution is 2.30. The van der Waals surface area contributed by atoms with E-state index in [0.717, 1.165) is 22.7 Å². The molecule has 3 aromatic rings. The summed E-state index contributed by atoms with van der Waals surface area (Å²) in [5.74, 6) is -1.56. The summed E-state index contributed by atoms with van der Waals surface area (Å²) in [6, 6.07) is 5.03. The van der Waals surface area contributed by atoms with Crippen LogP contribution in [0.15, 0.2) is 42.7 Å². The van der Waals surface area contributed by atoms with Crippen LogP contribution >= 0.6 is 0 Å². The summed E-state index contributed by atoms with van der Waals surface area (Å²) in [6.45, 7) is 0.